The van der Waals surface area contributed by atoms with Crippen LogP contribution in [0.1, 0.15) is 12.6 Å². The van der Waals surface area contributed by atoms with Crippen molar-refractivity contribution in [1.29, 1.82) is 0 Å². The zero-order valence-corrected chi connectivity index (χ0v) is 8.12. The number of carboxylic acids is 1. The first-order valence-corrected chi connectivity index (χ1v) is 4.19. The van der Waals surface area contributed by atoms with Gasteiger partial charge in [0, 0.05) is 6.07 Å². The maximum atomic E-state index is 12.2. The topological polar surface area (TPSA) is 75.1 Å². The number of nitrogens with one attached hydrogen (secondary N) is 1. The van der Waals surface area contributed by atoms with Crippen molar-refractivity contribution in [2.24, 2.45) is 0 Å². The zero-order valence-electron chi connectivity index (χ0n) is 8.12. The number of alkyl halides is 3. The van der Waals surface area contributed by atoms with Crippen LogP contribution in [0.15, 0.2) is 12.4 Å². The van der Waals surface area contributed by atoms with Crippen molar-refractivity contribution in [2.75, 3.05) is 5.32 Å². The minimum Gasteiger partial charge on any atom is -0.480 e. The van der Waals surface area contributed by atoms with Crippen LogP contribution in [0.2, 0.25) is 0 Å². The second-order valence-electron chi connectivity index (χ2n) is 2.99. The molecule has 0 aliphatic rings. The van der Waals surface area contributed by atoms with E-state index in [0.717, 1.165) is 6.33 Å². The molecule has 1 aromatic heterocycles. The van der Waals surface area contributed by atoms with Gasteiger partial charge in [-0.05, 0) is 6.92 Å². The van der Waals surface area contributed by atoms with Crippen molar-refractivity contribution in [3.05, 3.63) is 18.1 Å². The Morgan fingerprint density at radius 1 is 1.50 bits per heavy atom. The lowest BCUT2D eigenvalue weighted by atomic mass is 10.3. The van der Waals surface area contributed by atoms with Crippen molar-refractivity contribution < 1.29 is 23.1 Å². The Morgan fingerprint density at radius 2 is 2.12 bits per heavy atom. The third-order valence-electron chi connectivity index (χ3n) is 1.69. The molecule has 16 heavy (non-hydrogen) atoms. The minimum atomic E-state index is -4.58. The van der Waals surface area contributed by atoms with Crippen LogP contribution in [0.25, 0.3) is 0 Å². The Morgan fingerprint density at radius 3 is 2.62 bits per heavy atom. The number of nitrogens with zero attached hydrogens (tertiary/aromatic N) is 2. The molecular weight excluding hydrogens is 227 g/mol. The Kier molecular flexibility index (Phi) is 3.31. The SMILES string of the molecule is CC(Nc1cc(C(F)(F)F)ncn1)C(=O)O. The molecule has 88 valence electrons. The lowest BCUT2D eigenvalue weighted by molar-refractivity contribution is -0.141. The molecule has 2 N–H and O–H groups in total. The van der Waals surface area contributed by atoms with Crippen LogP contribution in [0.4, 0.5) is 19.0 Å². The number of aromatic nitrogens is 2. The molecule has 0 fully saturated rings. The third-order valence-corrected chi connectivity index (χ3v) is 1.69. The fourth-order valence-electron chi connectivity index (χ4n) is 0.875. The van der Waals surface area contributed by atoms with Crippen LogP contribution in [0.3, 0.4) is 0 Å². The number of anilines is 1. The lowest BCUT2D eigenvalue weighted by Gasteiger charge is -2.11. The van der Waals surface area contributed by atoms with Gasteiger partial charge in [0.05, 0.1) is 0 Å². The van der Waals surface area contributed by atoms with Gasteiger partial charge in [-0.3, -0.25) is 4.79 Å². The first kappa shape index (κ1) is 12.2. The number of halogens is 3. The molecule has 0 radical (unpaired) electrons. The predicted molar refractivity (Wildman–Crippen MR) is 47.8 cm³/mol. The second kappa shape index (κ2) is 4.33. The summed E-state index contributed by atoms with van der Waals surface area (Å²) in [7, 11) is 0. The number of carbonyl (C=O) groups is 1. The van der Waals surface area contributed by atoms with Gasteiger partial charge in [-0.25, -0.2) is 9.97 Å². The molecule has 0 spiro atoms. The lowest BCUT2D eigenvalue weighted by Crippen LogP contribution is -2.26. The molecule has 5 nitrogen and oxygen atoms in total. The van der Waals surface area contributed by atoms with Crippen LogP contribution in [0.5, 0.6) is 0 Å². The van der Waals surface area contributed by atoms with Crippen molar-refractivity contribution >= 4 is 11.8 Å². The van der Waals surface area contributed by atoms with E-state index in [1.807, 2.05) is 0 Å². The summed E-state index contributed by atoms with van der Waals surface area (Å²) in [6, 6.07) is -0.379. The molecule has 1 rings (SSSR count). The van der Waals surface area contributed by atoms with E-state index in [0.29, 0.717) is 6.07 Å². The number of rotatable bonds is 3. The van der Waals surface area contributed by atoms with Crippen molar-refractivity contribution in [3.8, 4) is 0 Å². The van der Waals surface area contributed by atoms with Gasteiger partial charge in [0.2, 0.25) is 0 Å². The Labute approximate surface area is 88.3 Å². The Balaban J connectivity index is 2.87. The summed E-state index contributed by atoms with van der Waals surface area (Å²) < 4.78 is 36.7. The van der Waals surface area contributed by atoms with Crippen LogP contribution < -0.4 is 5.32 Å². The number of carboxylic acid groups (broad SMARTS) is 1. The molecule has 0 amide bonds. The van der Waals surface area contributed by atoms with Gasteiger partial charge in [-0.1, -0.05) is 0 Å². The number of hydrogen-bond acceptors (Lipinski definition) is 4. The summed E-state index contributed by atoms with van der Waals surface area (Å²) in [6.07, 6.45) is -3.86. The maximum absolute atomic E-state index is 12.2. The zero-order chi connectivity index (χ0) is 12.3. The largest absolute Gasteiger partial charge is 0.480 e. The maximum Gasteiger partial charge on any atom is 0.433 e. The highest BCUT2D eigenvalue weighted by Crippen LogP contribution is 2.28. The normalized spacial score (nSPS) is 13.2. The van der Waals surface area contributed by atoms with Gasteiger partial charge < -0.3 is 10.4 Å². The highest BCUT2D eigenvalue weighted by Gasteiger charge is 2.32. The molecule has 1 unspecified atom stereocenters. The molecule has 0 bridgehead atoms. The Bertz CT molecular complexity index is 394. The summed E-state index contributed by atoms with van der Waals surface area (Å²) in [6.45, 7) is 1.29. The van der Waals surface area contributed by atoms with Gasteiger partial charge in [0.25, 0.3) is 0 Å². The molecule has 1 aromatic rings. The van der Waals surface area contributed by atoms with E-state index in [1.54, 1.807) is 0 Å². The summed E-state index contributed by atoms with van der Waals surface area (Å²) in [4.78, 5) is 17.0. The van der Waals surface area contributed by atoms with E-state index >= 15 is 0 Å². The third kappa shape index (κ3) is 3.07. The monoisotopic (exact) mass is 235 g/mol. The minimum absolute atomic E-state index is 0.183. The highest BCUT2D eigenvalue weighted by molar-refractivity contribution is 5.76. The summed E-state index contributed by atoms with van der Waals surface area (Å²) in [5, 5.41) is 10.8. The van der Waals surface area contributed by atoms with Gasteiger partial charge in [-0.2, -0.15) is 13.2 Å². The molecule has 0 aliphatic carbocycles. The van der Waals surface area contributed by atoms with Crippen LogP contribution in [0, 0.1) is 0 Å². The van der Waals surface area contributed by atoms with Crippen LogP contribution >= 0.6 is 0 Å². The summed E-state index contributed by atoms with van der Waals surface area (Å²) in [5.41, 5.74) is -1.12. The highest BCUT2D eigenvalue weighted by atomic mass is 19.4. The molecule has 0 aliphatic heterocycles. The average Bonchev–Trinajstić information content (AvgIpc) is 2.16. The van der Waals surface area contributed by atoms with E-state index in [1.165, 1.54) is 6.92 Å². The van der Waals surface area contributed by atoms with Gasteiger partial charge in [0.1, 0.15) is 23.9 Å². The van der Waals surface area contributed by atoms with Crippen molar-refractivity contribution in [2.45, 2.75) is 19.1 Å². The molecule has 1 heterocycles. The Hall–Kier alpha value is -1.86. The molecule has 1 atom stereocenters. The molecule has 0 aromatic carbocycles. The van der Waals surface area contributed by atoms with E-state index in [9.17, 15) is 18.0 Å². The van der Waals surface area contributed by atoms with Crippen LogP contribution in [-0.4, -0.2) is 27.1 Å². The first-order valence-electron chi connectivity index (χ1n) is 4.19. The average molecular weight is 235 g/mol. The van der Waals surface area contributed by atoms with Crippen molar-refractivity contribution in [1.82, 2.24) is 9.97 Å². The quantitative estimate of drug-likeness (QED) is 0.827. The van der Waals surface area contributed by atoms with Gasteiger partial charge in [-0.15, -0.1) is 0 Å². The van der Waals surface area contributed by atoms with E-state index in [4.69, 9.17) is 5.11 Å². The van der Waals surface area contributed by atoms with Crippen LogP contribution in [-0.2, 0) is 11.0 Å². The smallest absolute Gasteiger partial charge is 0.433 e. The standard InChI is InChI=1S/C8H8F3N3O2/c1-4(7(15)16)14-6-2-5(8(9,10)11)12-3-13-6/h2-4H,1H3,(H,15,16)(H,12,13,14). The fraction of sp³-hybridized carbons (Fsp3) is 0.375. The van der Waals surface area contributed by atoms with Gasteiger partial charge >= 0.3 is 12.1 Å². The molecule has 0 saturated carbocycles. The van der Waals surface area contributed by atoms with Gasteiger partial charge in [0.15, 0.2) is 0 Å². The number of hydrogen-bond donors (Lipinski definition) is 2. The molecular formula is C8H8F3N3O2. The van der Waals surface area contributed by atoms with E-state index in [2.05, 4.69) is 15.3 Å². The second-order valence-corrected chi connectivity index (χ2v) is 2.99. The van der Waals surface area contributed by atoms with E-state index < -0.39 is 23.9 Å². The number of aliphatic carboxylic acids is 1. The molecule has 0 saturated heterocycles. The summed E-state index contributed by atoms with van der Waals surface area (Å²) >= 11 is 0. The molecule has 8 heteroatoms. The van der Waals surface area contributed by atoms with E-state index in [-0.39, 0.29) is 5.82 Å². The first-order chi connectivity index (χ1) is 7.30. The summed E-state index contributed by atoms with van der Waals surface area (Å²) in [5.74, 6) is -1.37. The fourth-order valence-corrected chi connectivity index (χ4v) is 0.875. The van der Waals surface area contributed by atoms with Crippen molar-refractivity contribution in [3.63, 3.8) is 0 Å². The predicted octanol–water partition coefficient (Wildman–Crippen LogP) is 1.38.